The summed E-state index contributed by atoms with van der Waals surface area (Å²) in [5.41, 5.74) is 0. The smallest absolute Gasteiger partial charge is 0.191 e. The molecule has 1 saturated carbocycles. The number of hydrogen-bond donors (Lipinski definition) is 2. The van der Waals surface area contributed by atoms with Crippen LogP contribution in [0.5, 0.6) is 0 Å². The van der Waals surface area contributed by atoms with E-state index in [9.17, 15) is 0 Å². The highest BCUT2D eigenvalue weighted by atomic mass is 32.1. The van der Waals surface area contributed by atoms with Crippen LogP contribution in [0.15, 0.2) is 22.5 Å². The fourth-order valence-corrected chi connectivity index (χ4v) is 3.94. The number of guanidine groups is 1. The van der Waals surface area contributed by atoms with Crippen molar-refractivity contribution in [2.45, 2.75) is 44.7 Å². The minimum Gasteiger partial charge on any atom is -0.355 e. The lowest BCUT2D eigenvalue weighted by Crippen LogP contribution is -2.48. The number of likely N-dealkylation sites (N-methyl/N-ethyl adjacent to an activating group) is 1. The lowest BCUT2D eigenvalue weighted by Gasteiger charge is -2.35. The van der Waals surface area contributed by atoms with Crippen molar-refractivity contribution in [3.05, 3.63) is 22.4 Å². The van der Waals surface area contributed by atoms with Crippen LogP contribution in [-0.2, 0) is 6.54 Å². The van der Waals surface area contributed by atoms with E-state index in [0.717, 1.165) is 25.0 Å². The Morgan fingerprint density at radius 2 is 2.09 bits per heavy atom. The van der Waals surface area contributed by atoms with Crippen LogP contribution in [0.25, 0.3) is 0 Å². The van der Waals surface area contributed by atoms with Gasteiger partial charge >= 0.3 is 0 Å². The van der Waals surface area contributed by atoms with Gasteiger partial charge in [0.25, 0.3) is 0 Å². The van der Waals surface area contributed by atoms with E-state index >= 15 is 0 Å². The lowest BCUT2D eigenvalue weighted by molar-refractivity contribution is 0.171. The van der Waals surface area contributed by atoms with Gasteiger partial charge in [0.15, 0.2) is 5.96 Å². The van der Waals surface area contributed by atoms with E-state index in [4.69, 9.17) is 0 Å². The Hall–Kier alpha value is -1.07. The van der Waals surface area contributed by atoms with Crippen molar-refractivity contribution in [3.8, 4) is 0 Å². The molecular weight excluding hydrogens is 292 g/mol. The first-order chi connectivity index (χ1) is 10.7. The van der Waals surface area contributed by atoms with Crippen molar-refractivity contribution in [2.75, 3.05) is 27.7 Å². The molecule has 5 heteroatoms. The molecular formula is C17H30N4S. The zero-order valence-corrected chi connectivity index (χ0v) is 15.0. The molecule has 0 bridgehead atoms. The number of aliphatic imine (C=N–C) groups is 1. The fourth-order valence-electron chi connectivity index (χ4n) is 3.30. The van der Waals surface area contributed by atoms with Crippen LogP contribution in [0.4, 0.5) is 0 Å². The molecule has 22 heavy (non-hydrogen) atoms. The molecule has 0 aromatic carbocycles. The fraction of sp³-hybridized carbons (Fsp3) is 0.706. The number of hydrogen-bond acceptors (Lipinski definition) is 3. The van der Waals surface area contributed by atoms with Crippen LogP contribution in [0.1, 0.15) is 37.0 Å². The standard InChI is InChI=1S/C17H30N4S/c1-18-17(19-12-15-10-7-11-22-15)20-13-16(21(2)3)14-8-5-4-6-9-14/h7,10-11,14,16H,4-6,8-9,12-13H2,1-3H3,(H2,18,19,20). The van der Waals surface area contributed by atoms with Gasteiger partial charge in [-0.25, -0.2) is 0 Å². The molecule has 1 heterocycles. The topological polar surface area (TPSA) is 39.7 Å². The third kappa shape index (κ3) is 5.29. The molecule has 0 saturated heterocycles. The summed E-state index contributed by atoms with van der Waals surface area (Å²) in [5.74, 6) is 1.71. The summed E-state index contributed by atoms with van der Waals surface area (Å²) in [6, 6.07) is 4.82. The van der Waals surface area contributed by atoms with Crippen LogP contribution in [0.2, 0.25) is 0 Å². The molecule has 0 spiro atoms. The van der Waals surface area contributed by atoms with Crippen molar-refractivity contribution in [1.29, 1.82) is 0 Å². The van der Waals surface area contributed by atoms with Gasteiger partial charge in [-0.1, -0.05) is 25.3 Å². The summed E-state index contributed by atoms with van der Waals surface area (Å²) in [7, 11) is 6.24. The predicted molar refractivity (Wildman–Crippen MR) is 96.6 cm³/mol. The molecule has 1 unspecified atom stereocenters. The molecule has 0 amide bonds. The minimum atomic E-state index is 0.584. The molecule has 2 N–H and O–H groups in total. The highest BCUT2D eigenvalue weighted by Crippen LogP contribution is 2.28. The Bertz CT molecular complexity index is 436. The van der Waals surface area contributed by atoms with E-state index < -0.39 is 0 Å². The van der Waals surface area contributed by atoms with E-state index in [-0.39, 0.29) is 0 Å². The molecule has 1 aromatic rings. The molecule has 1 aliphatic carbocycles. The van der Waals surface area contributed by atoms with Gasteiger partial charge in [-0.15, -0.1) is 11.3 Å². The van der Waals surface area contributed by atoms with Gasteiger partial charge in [0.1, 0.15) is 0 Å². The zero-order valence-electron chi connectivity index (χ0n) is 14.1. The van der Waals surface area contributed by atoms with Crippen LogP contribution in [0.3, 0.4) is 0 Å². The Balaban J connectivity index is 1.81. The highest BCUT2D eigenvalue weighted by Gasteiger charge is 2.25. The number of nitrogens with zero attached hydrogens (tertiary/aromatic N) is 2. The summed E-state index contributed by atoms with van der Waals surface area (Å²) in [6.45, 7) is 1.80. The number of rotatable bonds is 6. The average molecular weight is 323 g/mol. The normalized spacial score (nSPS) is 18.5. The summed E-state index contributed by atoms with van der Waals surface area (Å²) in [5, 5.41) is 9.02. The third-order valence-electron chi connectivity index (χ3n) is 4.57. The Morgan fingerprint density at radius 1 is 1.32 bits per heavy atom. The molecule has 124 valence electrons. The quantitative estimate of drug-likeness (QED) is 0.625. The van der Waals surface area contributed by atoms with E-state index in [1.54, 1.807) is 11.3 Å². The van der Waals surface area contributed by atoms with E-state index in [1.807, 2.05) is 7.05 Å². The van der Waals surface area contributed by atoms with Gasteiger partial charge in [-0.3, -0.25) is 4.99 Å². The van der Waals surface area contributed by atoms with Gasteiger partial charge in [-0.2, -0.15) is 0 Å². The van der Waals surface area contributed by atoms with Crippen LogP contribution < -0.4 is 10.6 Å². The largest absolute Gasteiger partial charge is 0.355 e. The summed E-state index contributed by atoms with van der Waals surface area (Å²) < 4.78 is 0. The highest BCUT2D eigenvalue weighted by molar-refractivity contribution is 7.09. The van der Waals surface area contributed by atoms with Gasteiger partial charge in [0.05, 0.1) is 6.54 Å². The van der Waals surface area contributed by atoms with Crippen LogP contribution >= 0.6 is 11.3 Å². The SMILES string of the molecule is CN=C(NCc1cccs1)NCC(C1CCCCC1)N(C)C. The van der Waals surface area contributed by atoms with Gasteiger partial charge in [-0.05, 0) is 44.3 Å². The number of thiophene rings is 1. The number of nitrogens with one attached hydrogen (secondary N) is 2. The molecule has 0 radical (unpaired) electrons. The first-order valence-electron chi connectivity index (χ1n) is 8.34. The van der Waals surface area contributed by atoms with Crippen molar-refractivity contribution in [2.24, 2.45) is 10.9 Å². The molecule has 0 aliphatic heterocycles. The first-order valence-corrected chi connectivity index (χ1v) is 9.22. The maximum Gasteiger partial charge on any atom is 0.191 e. The average Bonchev–Trinajstić information content (AvgIpc) is 3.04. The maximum atomic E-state index is 4.34. The van der Waals surface area contributed by atoms with Crippen LogP contribution in [0, 0.1) is 5.92 Å². The van der Waals surface area contributed by atoms with Crippen molar-refractivity contribution < 1.29 is 0 Å². The molecule has 1 aromatic heterocycles. The second kappa shape index (κ2) is 9.16. The lowest BCUT2D eigenvalue weighted by atomic mass is 9.83. The van der Waals surface area contributed by atoms with E-state index in [0.29, 0.717) is 6.04 Å². The first kappa shape index (κ1) is 17.3. The summed E-state index contributed by atoms with van der Waals surface area (Å²) >= 11 is 1.77. The maximum absolute atomic E-state index is 4.34. The molecule has 1 atom stereocenters. The minimum absolute atomic E-state index is 0.584. The molecule has 1 fully saturated rings. The monoisotopic (exact) mass is 322 g/mol. The molecule has 2 rings (SSSR count). The zero-order chi connectivity index (χ0) is 15.8. The third-order valence-corrected chi connectivity index (χ3v) is 5.45. The van der Waals surface area contributed by atoms with Crippen molar-refractivity contribution in [1.82, 2.24) is 15.5 Å². The van der Waals surface area contributed by atoms with Gasteiger partial charge in [0.2, 0.25) is 0 Å². The van der Waals surface area contributed by atoms with E-state index in [1.165, 1.54) is 37.0 Å². The second-order valence-electron chi connectivity index (χ2n) is 6.32. The molecule has 4 nitrogen and oxygen atoms in total. The Morgan fingerprint density at radius 3 is 2.68 bits per heavy atom. The Labute approximate surface area is 139 Å². The Kier molecular flexibility index (Phi) is 7.19. The van der Waals surface area contributed by atoms with E-state index in [2.05, 4.69) is 52.1 Å². The van der Waals surface area contributed by atoms with Gasteiger partial charge < -0.3 is 15.5 Å². The van der Waals surface area contributed by atoms with Crippen molar-refractivity contribution in [3.63, 3.8) is 0 Å². The van der Waals surface area contributed by atoms with Gasteiger partial charge in [0, 0.05) is 24.5 Å². The summed E-state index contributed by atoms with van der Waals surface area (Å²) in [4.78, 5) is 8.05. The van der Waals surface area contributed by atoms with Crippen molar-refractivity contribution >= 4 is 17.3 Å². The molecule has 1 aliphatic rings. The summed E-state index contributed by atoms with van der Waals surface area (Å²) in [6.07, 6.45) is 6.92. The van der Waals surface area contributed by atoms with Crippen LogP contribution in [-0.4, -0.2) is 44.6 Å². The second-order valence-corrected chi connectivity index (χ2v) is 7.35. The predicted octanol–water partition coefficient (Wildman–Crippen LogP) is 2.92.